The van der Waals surface area contributed by atoms with E-state index in [9.17, 15) is 25.5 Å². The van der Waals surface area contributed by atoms with Crippen molar-refractivity contribution in [3.05, 3.63) is 167 Å². The second kappa shape index (κ2) is 15.3. The van der Waals surface area contributed by atoms with Crippen molar-refractivity contribution in [2.45, 2.75) is 31.1 Å². The lowest BCUT2D eigenvalue weighted by Crippen LogP contribution is -2.25. The summed E-state index contributed by atoms with van der Waals surface area (Å²) in [6, 6.07) is 40.1. The number of hydrogen-bond donors (Lipinski definition) is 5. The first-order chi connectivity index (χ1) is 24.8. The van der Waals surface area contributed by atoms with Gasteiger partial charge >= 0.3 is 0 Å². The van der Waals surface area contributed by atoms with Gasteiger partial charge in [-0.25, -0.2) is 0 Å². The SMILES string of the molecule is C.COc1ccc(C2c3ccc(O)cc3OCC2c2ccc(O)cc2)cc1.Oc1ccc(C2COc3cc(O)ccc3C2c2ccc(O)cc2)cc1. The van der Waals surface area contributed by atoms with Gasteiger partial charge in [0.15, 0.2) is 0 Å². The summed E-state index contributed by atoms with van der Waals surface area (Å²) >= 11 is 0. The molecule has 0 radical (unpaired) electrons. The molecule has 266 valence electrons. The van der Waals surface area contributed by atoms with Crippen molar-refractivity contribution in [3.63, 3.8) is 0 Å². The Balaban J connectivity index is 0.000000175. The Kier molecular flexibility index (Phi) is 10.5. The first kappa shape index (κ1) is 35.5. The fourth-order valence-corrected chi connectivity index (χ4v) is 7.13. The fourth-order valence-electron chi connectivity index (χ4n) is 7.13. The quantitative estimate of drug-likeness (QED) is 0.121. The summed E-state index contributed by atoms with van der Waals surface area (Å²) in [5.41, 5.74) is 6.41. The zero-order valence-corrected chi connectivity index (χ0v) is 27.9. The molecule has 6 aromatic rings. The number of phenols is 5. The summed E-state index contributed by atoms with van der Waals surface area (Å²) in [5.74, 6) is 3.52. The van der Waals surface area contributed by atoms with Crippen LogP contribution in [0.1, 0.15) is 64.5 Å². The van der Waals surface area contributed by atoms with E-state index < -0.39 is 0 Å². The van der Waals surface area contributed by atoms with E-state index in [1.54, 1.807) is 67.8 Å². The highest BCUT2D eigenvalue weighted by Gasteiger charge is 2.35. The van der Waals surface area contributed by atoms with Crippen LogP contribution in [0.5, 0.6) is 46.0 Å². The molecular formula is C44H42O8. The van der Waals surface area contributed by atoms with Crippen molar-refractivity contribution in [1.82, 2.24) is 0 Å². The van der Waals surface area contributed by atoms with E-state index in [2.05, 4.69) is 12.1 Å². The van der Waals surface area contributed by atoms with Crippen LogP contribution in [0.4, 0.5) is 0 Å². The maximum Gasteiger partial charge on any atom is 0.126 e. The Labute approximate surface area is 303 Å². The molecule has 52 heavy (non-hydrogen) atoms. The summed E-state index contributed by atoms with van der Waals surface area (Å²) in [5, 5.41) is 48.4. The van der Waals surface area contributed by atoms with Crippen LogP contribution in [0.3, 0.4) is 0 Å². The van der Waals surface area contributed by atoms with Crippen LogP contribution in [0, 0.1) is 0 Å². The number of aromatic hydroxyl groups is 5. The van der Waals surface area contributed by atoms with Crippen LogP contribution >= 0.6 is 0 Å². The van der Waals surface area contributed by atoms with Crippen molar-refractivity contribution in [1.29, 1.82) is 0 Å². The maximum atomic E-state index is 9.80. The average molecular weight is 699 g/mol. The van der Waals surface area contributed by atoms with Gasteiger partial charge in [0.25, 0.3) is 0 Å². The molecular weight excluding hydrogens is 656 g/mol. The minimum absolute atomic E-state index is 0. The summed E-state index contributed by atoms with van der Waals surface area (Å²) in [6.45, 7) is 0.963. The number of benzene rings is 6. The van der Waals surface area contributed by atoms with Crippen LogP contribution in [0.15, 0.2) is 133 Å². The topological polar surface area (TPSA) is 129 Å². The first-order valence-electron chi connectivity index (χ1n) is 16.7. The zero-order chi connectivity index (χ0) is 35.5. The van der Waals surface area contributed by atoms with Crippen LogP contribution in [0.2, 0.25) is 0 Å². The van der Waals surface area contributed by atoms with Gasteiger partial charge in [0.05, 0.1) is 20.3 Å². The van der Waals surface area contributed by atoms with Crippen molar-refractivity contribution in [3.8, 4) is 46.0 Å². The van der Waals surface area contributed by atoms with E-state index in [1.807, 2.05) is 60.7 Å². The first-order valence-corrected chi connectivity index (χ1v) is 16.7. The lowest BCUT2D eigenvalue weighted by atomic mass is 9.76. The minimum atomic E-state index is 0. The minimum Gasteiger partial charge on any atom is -0.508 e. The number of hydrogen-bond acceptors (Lipinski definition) is 8. The molecule has 8 rings (SSSR count). The highest BCUT2D eigenvalue weighted by Crippen LogP contribution is 2.48. The van der Waals surface area contributed by atoms with Crippen LogP contribution in [-0.2, 0) is 0 Å². The largest absolute Gasteiger partial charge is 0.508 e. The predicted molar refractivity (Wildman–Crippen MR) is 200 cm³/mol. The van der Waals surface area contributed by atoms with Gasteiger partial charge in [0.1, 0.15) is 46.0 Å². The maximum absolute atomic E-state index is 9.80. The molecule has 2 heterocycles. The van der Waals surface area contributed by atoms with Gasteiger partial charge < -0.3 is 39.7 Å². The number of phenolic OH excluding ortho intramolecular Hbond substituents is 5. The third-order valence-corrected chi connectivity index (χ3v) is 9.68. The number of rotatable bonds is 5. The molecule has 8 nitrogen and oxygen atoms in total. The molecule has 0 saturated heterocycles. The summed E-state index contributed by atoms with van der Waals surface area (Å²) in [7, 11) is 1.65. The highest BCUT2D eigenvalue weighted by atomic mass is 16.5. The Hall–Kier alpha value is -6.28. The second-order valence-electron chi connectivity index (χ2n) is 12.8. The number of fused-ring (bicyclic) bond motifs is 2. The summed E-state index contributed by atoms with van der Waals surface area (Å²) in [4.78, 5) is 0. The van der Waals surface area contributed by atoms with E-state index in [-0.39, 0.29) is 59.8 Å². The van der Waals surface area contributed by atoms with Gasteiger partial charge in [0.2, 0.25) is 0 Å². The summed E-state index contributed by atoms with van der Waals surface area (Å²) < 4.78 is 17.1. The standard InChI is InChI=1S/C22H20O4.C21H18O4.CH4/c1-25-18-9-4-15(5-10-18)22-19-11-8-17(24)12-21(19)26-13-20(22)14-2-6-16(23)7-3-14;22-15-5-1-13(2-6-15)19-12-25-20-11-17(24)9-10-18(20)21(19)14-3-7-16(23)8-4-14;/h2-12,20,22-24H,13H2,1H3;1-11,19,21-24H,12H2;1H4. The third kappa shape index (κ3) is 7.42. The Morgan fingerprint density at radius 1 is 0.442 bits per heavy atom. The Morgan fingerprint density at radius 2 is 0.769 bits per heavy atom. The highest BCUT2D eigenvalue weighted by molar-refractivity contribution is 5.52. The predicted octanol–water partition coefficient (Wildman–Crippen LogP) is 9.16. The van der Waals surface area contributed by atoms with Gasteiger partial charge in [0, 0.05) is 46.9 Å². The number of ether oxygens (including phenoxy) is 3. The molecule has 2 aliphatic heterocycles. The molecule has 5 N–H and O–H groups in total. The fraction of sp³-hybridized carbons (Fsp3) is 0.182. The van der Waals surface area contributed by atoms with Gasteiger partial charge in [-0.15, -0.1) is 0 Å². The lowest BCUT2D eigenvalue weighted by molar-refractivity contribution is 0.247. The average Bonchev–Trinajstić information content (AvgIpc) is 3.15. The second-order valence-corrected chi connectivity index (χ2v) is 12.8. The van der Waals surface area contributed by atoms with Crippen LogP contribution in [-0.4, -0.2) is 45.9 Å². The molecule has 0 aliphatic carbocycles. The van der Waals surface area contributed by atoms with Crippen molar-refractivity contribution < 1.29 is 39.7 Å². The van der Waals surface area contributed by atoms with Crippen LogP contribution < -0.4 is 14.2 Å². The van der Waals surface area contributed by atoms with E-state index in [0.717, 1.165) is 39.1 Å². The van der Waals surface area contributed by atoms with E-state index in [1.165, 1.54) is 0 Å². The van der Waals surface area contributed by atoms with Gasteiger partial charge in [-0.05, 0) is 82.9 Å². The van der Waals surface area contributed by atoms with Gasteiger partial charge in [-0.3, -0.25) is 0 Å². The zero-order valence-electron chi connectivity index (χ0n) is 27.9. The summed E-state index contributed by atoms with van der Waals surface area (Å²) in [6.07, 6.45) is 0. The molecule has 0 fully saturated rings. The molecule has 0 spiro atoms. The molecule has 0 saturated carbocycles. The van der Waals surface area contributed by atoms with Crippen LogP contribution in [0.25, 0.3) is 0 Å². The van der Waals surface area contributed by atoms with Crippen molar-refractivity contribution in [2.75, 3.05) is 20.3 Å². The third-order valence-electron chi connectivity index (χ3n) is 9.68. The van der Waals surface area contributed by atoms with Crippen molar-refractivity contribution in [2.24, 2.45) is 0 Å². The van der Waals surface area contributed by atoms with Crippen molar-refractivity contribution >= 4 is 0 Å². The number of methoxy groups -OCH3 is 1. The molecule has 0 bridgehead atoms. The normalized spacial score (nSPS) is 18.5. The Bertz CT molecular complexity index is 2090. The molecule has 0 aromatic heterocycles. The molecule has 4 unspecified atom stereocenters. The van der Waals surface area contributed by atoms with E-state index in [0.29, 0.717) is 24.7 Å². The smallest absolute Gasteiger partial charge is 0.126 e. The molecule has 4 atom stereocenters. The molecule has 6 aromatic carbocycles. The molecule has 8 heteroatoms. The van der Waals surface area contributed by atoms with Gasteiger partial charge in [-0.2, -0.15) is 0 Å². The molecule has 2 aliphatic rings. The Morgan fingerprint density at radius 3 is 1.13 bits per heavy atom. The molecule has 0 amide bonds. The van der Waals surface area contributed by atoms with E-state index >= 15 is 0 Å². The monoisotopic (exact) mass is 698 g/mol. The lowest BCUT2D eigenvalue weighted by Gasteiger charge is -2.34. The van der Waals surface area contributed by atoms with E-state index in [4.69, 9.17) is 14.2 Å². The van der Waals surface area contributed by atoms with Gasteiger partial charge in [-0.1, -0.05) is 68.1 Å².